The van der Waals surface area contributed by atoms with Crippen molar-refractivity contribution < 1.29 is 19.3 Å². The Kier molecular flexibility index (Phi) is 5.07. The number of hydrogen-bond acceptors (Lipinski definition) is 4. The van der Waals surface area contributed by atoms with E-state index in [0.717, 1.165) is 22.4 Å². The Morgan fingerprint density at radius 3 is 2.79 bits per heavy atom. The molecule has 0 heterocycles. The minimum Gasteiger partial charge on any atom is -0.497 e. The van der Waals surface area contributed by atoms with Gasteiger partial charge in [0.1, 0.15) is 23.7 Å². The molecule has 0 bridgehead atoms. The van der Waals surface area contributed by atoms with Crippen molar-refractivity contribution in [3.63, 3.8) is 0 Å². The third kappa shape index (κ3) is 3.41. The maximum absolute atomic E-state index is 9.70. The topological polar surface area (TPSA) is 47.9 Å². The second-order valence-corrected chi connectivity index (χ2v) is 5.45. The Bertz CT molecular complexity index is 424. The van der Waals surface area contributed by atoms with E-state index in [1.54, 1.807) is 7.11 Å². The second kappa shape index (κ2) is 6.59. The average Bonchev–Trinajstić information content (AvgIpc) is 2.40. The van der Waals surface area contributed by atoms with Gasteiger partial charge >= 0.3 is 0 Å². The minimum absolute atomic E-state index is 0.0914. The fourth-order valence-corrected chi connectivity index (χ4v) is 2.46. The highest BCUT2D eigenvalue weighted by Gasteiger charge is 2.43. The van der Waals surface area contributed by atoms with Crippen LogP contribution in [0.4, 0.5) is 0 Å². The summed E-state index contributed by atoms with van der Waals surface area (Å²) >= 11 is 3.45. The lowest BCUT2D eigenvalue weighted by Crippen LogP contribution is -2.55. The van der Waals surface area contributed by atoms with E-state index in [0.29, 0.717) is 13.0 Å². The number of ether oxygens (including phenoxy) is 3. The zero-order chi connectivity index (χ0) is 13.8. The molecular formula is C14H19BrO4. The summed E-state index contributed by atoms with van der Waals surface area (Å²) in [5, 5.41) is 9.70. The van der Waals surface area contributed by atoms with Crippen molar-refractivity contribution in [1.29, 1.82) is 0 Å². The second-order valence-electron chi connectivity index (χ2n) is 4.59. The van der Waals surface area contributed by atoms with Gasteiger partial charge in [-0.15, -0.1) is 0 Å². The van der Waals surface area contributed by atoms with Crippen LogP contribution in [-0.4, -0.2) is 37.1 Å². The zero-order valence-electron chi connectivity index (χ0n) is 11.1. The standard InChI is InChI=1S/C14H19BrO4/c1-3-6-18-14-11(16)8-13(14)19-12-5-4-9(17-2)7-10(12)15/h4-5,7,11,13-14,16H,3,6,8H2,1-2H3. The summed E-state index contributed by atoms with van der Waals surface area (Å²) in [5.41, 5.74) is 0. The van der Waals surface area contributed by atoms with Gasteiger partial charge < -0.3 is 19.3 Å². The first-order chi connectivity index (χ1) is 9.15. The summed E-state index contributed by atoms with van der Waals surface area (Å²) in [7, 11) is 1.62. The summed E-state index contributed by atoms with van der Waals surface area (Å²) in [5.74, 6) is 1.51. The van der Waals surface area contributed by atoms with Gasteiger partial charge in [0.15, 0.2) is 0 Å². The van der Waals surface area contributed by atoms with Crippen molar-refractivity contribution in [1.82, 2.24) is 0 Å². The van der Waals surface area contributed by atoms with Gasteiger partial charge in [-0.05, 0) is 40.5 Å². The molecule has 0 aliphatic heterocycles. The van der Waals surface area contributed by atoms with Crippen molar-refractivity contribution in [3.8, 4) is 11.5 Å². The monoisotopic (exact) mass is 330 g/mol. The largest absolute Gasteiger partial charge is 0.497 e. The first-order valence-corrected chi connectivity index (χ1v) is 7.25. The molecule has 19 heavy (non-hydrogen) atoms. The average molecular weight is 331 g/mol. The first kappa shape index (κ1) is 14.6. The highest BCUT2D eigenvalue weighted by atomic mass is 79.9. The number of aliphatic hydroxyl groups is 1. The quantitative estimate of drug-likeness (QED) is 0.871. The Balaban J connectivity index is 1.97. The fourth-order valence-electron chi connectivity index (χ4n) is 2.01. The first-order valence-electron chi connectivity index (χ1n) is 6.45. The molecule has 1 aromatic rings. The lowest BCUT2D eigenvalue weighted by Gasteiger charge is -2.41. The normalized spacial score (nSPS) is 25.8. The van der Waals surface area contributed by atoms with Crippen LogP contribution in [0.25, 0.3) is 0 Å². The maximum atomic E-state index is 9.70. The number of benzene rings is 1. The molecule has 4 nitrogen and oxygen atoms in total. The molecule has 1 aliphatic rings. The number of hydrogen-bond donors (Lipinski definition) is 1. The molecule has 106 valence electrons. The van der Waals surface area contributed by atoms with Gasteiger partial charge in [-0.2, -0.15) is 0 Å². The predicted octanol–water partition coefficient (Wildman–Crippen LogP) is 2.76. The summed E-state index contributed by atoms with van der Waals surface area (Å²) < 4.78 is 17.4. The van der Waals surface area contributed by atoms with Crippen molar-refractivity contribution in [2.24, 2.45) is 0 Å². The molecule has 0 amide bonds. The fraction of sp³-hybridized carbons (Fsp3) is 0.571. The summed E-state index contributed by atoms with van der Waals surface area (Å²) in [4.78, 5) is 0. The van der Waals surface area contributed by atoms with Crippen LogP contribution < -0.4 is 9.47 Å². The molecule has 3 unspecified atom stereocenters. The van der Waals surface area contributed by atoms with Crippen molar-refractivity contribution >= 4 is 15.9 Å². The van der Waals surface area contributed by atoms with E-state index in [1.165, 1.54) is 0 Å². The highest BCUT2D eigenvalue weighted by molar-refractivity contribution is 9.10. The molecular weight excluding hydrogens is 312 g/mol. The SMILES string of the molecule is CCCOC1C(O)CC1Oc1ccc(OC)cc1Br. The van der Waals surface area contributed by atoms with Crippen molar-refractivity contribution in [3.05, 3.63) is 22.7 Å². The molecule has 1 fully saturated rings. The highest BCUT2D eigenvalue weighted by Crippen LogP contribution is 2.34. The predicted molar refractivity (Wildman–Crippen MR) is 75.8 cm³/mol. The molecule has 0 saturated heterocycles. The van der Waals surface area contributed by atoms with Crippen LogP contribution in [0, 0.1) is 0 Å². The molecule has 3 atom stereocenters. The van der Waals surface area contributed by atoms with E-state index in [4.69, 9.17) is 14.2 Å². The van der Waals surface area contributed by atoms with Crippen LogP contribution in [0.2, 0.25) is 0 Å². The lowest BCUT2D eigenvalue weighted by molar-refractivity contribution is -0.162. The molecule has 1 aromatic carbocycles. The summed E-state index contributed by atoms with van der Waals surface area (Å²) in [6, 6.07) is 5.55. The molecule has 5 heteroatoms. The van der Waals surface area contributed by atoms with Crippen LogP contribution in [0.5, 0.6) is 11.5 Å². The number of methoxy groups -OCH3 is 1. The van der Waals surface area contributed by atoms with Crippen molar-refractivity contribution in [2.45, 2.75) is 38.1 Å². The summed E-state index contributed by atoms with van der Waals surface area (Å²) in [6.45, 7) is 2.69. The van der Waals surface area contributed by atoms with Gasteiger partial charge in [-0.25, -0.2) is 0 Å². The zero-order valence-corrected chi connectivity index (χ0v) is 12.7. The van der Waals surface area contributed by atoms with Gasteiger partial charge in [-0.3, -0.25) is 0 Å². The molecule has 0 radical (unpaired) electrons. The van der Waals surface area contributed by atoms with E-state index in [2.05, 4.69) is 15.9 Å². The number of aliphatic hydroxyl groups excluding tert-OH is 1. The minimum atomic E-state index is -0.423. The van der Waals surface area contributed by atoms with E-state index >= 15 is 0 Å². The van der Waals surface area contributed by atoms with Gasteiger partial charge in [0.05, 0.1) is 17.7 Å². The lowest BCUT2D eigenvalue weighted by atomic mass is 9.88. The van der Waals surface area contributed by atoms with Crippen LogP contribution in [0.1, 0.15) is 19.8 Å². The number of rotatable bonds is 6. The smallest absolute Gasteiger partial charge is 0.134 e. The Labute approximate surface area is 121 Å². The van der Waals surface area contributed by atoms with E-state index in [-0.39, 0.29) is 12.2 Å². The van der Waals surface area contributed by atoms with Gasteiger partial charge in [0.25, 0.3) is 0 Å². The summed E-state index contributed by atoms with van der Waals surface area (Å²) in [6.07, 6.45) is 0.795. The Morgan fingerprint density at radius 2 is 2.21 bits per heavy atom. The van der Waals surface area contributed by atoms with Crippen LogP contribution >= 0.6 is 15.9 Å². The molecule has 1 N–H and O–H groups in total. The molecule has 0 aromatic heterocycles. The van der Waals surface area contributed by atoms with E-state index < -0.39 is 6.10 Å². The van der Waals surface area contributed by atoms with Gasteiger partial charge in [-0.1, -0.05) is 6.92 Å². The van der Waals surface area contributed by atoms with Crippen LogP contribution in [0.15, 0.2) is 22.7 Å². The van der Waals surface area contributed by atoms with Gasteiger partial charge in [0, 0.05) is 13.0 Å². The Morgan fingerprint density at radius 1 is 1.42 bits per heavy atom. The number of halogens is 1. The molecule has 2 rings (SSSR count). The molecule has 0 spiro atoms. The van der Waals surface area contributed by atoms with Crippen molar-refractivity contribution in [2.75, 3.05) is 13.7 Å². The molecule has 1 aliphatic carbocycles. The molecule has 1 saturated carbocycles. The Hall–Kier alpha value is -0.780. The van der Waals surface area contributed by atoms with E-state index in [1.807, 2.05) is 25.1 Å². The van der Waals surface area contributed by atoms with Crippen LogP contribution in [-0.2, 0) is 4.74 Å². The maximum Gasteiger partial charge on any atom is 0.134 e. The third-order valence-electron chi connectivity index (χ3n) is 3.15. The third-order valence-corrected chi connectivity index (χ3v) is 3.77. The van der Waals surface area contributed by atoms with Gasteiger partial charge in [0.2, 0.25) is 0 Å². The van der Waals surface area contributed by atoms with E-state index in [9.17, 15) is 5.11 Å². The van der Waals surface area contributed by atoms with Crippen LogP contribution in [0.3, 0.4) is 0 Å².